The van der Waals surface area contributed by atoms with E-state index in [0.29, 0.717) is 17.8 Å². The summed E-state index contributed by atoms with van der Waals surface area (Å²) in [5, 5.41) is 11.8. The molecule has 0 aromatic heterocycles. The third-order valence-corrected chi connectivity index (χ3v) is 8.43. The summed E-state index contributed by atoms with van der Waals surface area (Å²) in [5.74, 6) is 0.930. The minimum absolute atomic E-state index is 0.0908. The fourth-order valence-electron chi connectivity index (χ4n) is 3.38. The van der Waals surface area contributed by atoms with Crippen molar-refractivity contribution in [2.75, 3.05) is 32.9 Å². The lowest BCUT2D eigenvalue weighted by molar-refractivity contribution is -0.128. The van der Waals surface area contributed by atoms with E-state index in [1.807, 2.05) is 28.6 Å². The Balaban J connectivity index is 1.78. The van der Waals surface area contributed by atoms with Crippen molar-refractivity contribution in [1.82, 2.24) is 21.3 Å². The summed E-state index contributed by atoms with van der Waals surface area (Å²) in [6.45, 7) is 1.25. The molecule has 7 nitrogen and oxygen atoms in total. The number of nitrogens with two attached hydrogens (primary N) is 1. The smallest absolute Gasteiger partial charge is 0.237 e. The van der Waals surface area contributed by atoms with Gasteiger partial charge in [0.05, 0.1) is 12.5 Å². The Morgan fingerprint density at radius 2 is 2.08 bits per heavy atom. The third-order valence-electron chi connectivity index (χ3n) is 4.82. The first kappa shape index (κ1) is 20.8. The highest BCUT2D eigenvalue weighted by Crippen LogP contribution is 2.56. The molecule has 2 fully saturated rings. The first-order valence-electron chi connectivity index (χ1n) is 8.93. The van der Waals surface area contributed by atoms with Crippen LogP contribution in [0.1, 0.15) is 32.1 Å². The van der Waals surface area contributed by atoms with Crippen LogP contribution in [0.3, 0.4) is 0 Å². The van der Waals surface area contributed by atoms with E-state index in [9.17, 15) is 9.59 Å². The topological polar surface area (TPSA) is 108 Å². The summed E-state index contributed by atoms with van der Waals surface area (Å²) >= 11 is 0. The Morgan fingerprint density at radius 1 is 1.32 bits per heavy atom. The molecule has 6 N–H and O–H groups in total. The van der Waals surface area contributed by atoms with Gasteiger partial charge in [-0.1, -0.05) is 21.6 Å². The van der Waals surface area contributed by atoms with Gasteiger partial charge in [-0.2, -0.15) is 0 Å². The first-order chi connectivity index (χ1) is 12.0. The predicted octanol–water partition coefficient (Wildman–Crippen LogP) is -0.180. The average Bonchev–Trinajstić information content (AvgIpc) is 2.71. The van der Waals surface area contributed by atoms with Gasteiger partial charge in [0.2, 0.25) is 11.8 Å². The number of hydrogen-bond donors (Lipinski definition) is 5. The molecule has 1 saturated heterocycles. The number of nitrogens with one attached hydrogen (secondary N) is 4. The van der Waals surface area contributed by atoms with Crippen LogP contribution in [0.5, 0.6) is 0 Å². The second-order valence-electron chi connectivity index (χ2n) is 6.97. The molecule has 1 spiro atoms. The summed E-state index contributed by atoms with van der Waals surface area (Å²) < 4.78 is 0.324. The number of likely N-dealkylation sites (N-methyl/N-ethyl adjacent to an activating group) is 2. The van der Waals surface area contributed by atoms with Crippen LogP contribution in [-0.2, 0) is 9.59 Å². The Labute approximate surface area is 158 Å². The molecule has 0 radical (unpaired) electrons. The SMILES string of the molecule is CNCCNC(=O)[C@H](CC(=O)NC1CCC2(CSS2)CC(N)C1)NC. The molecule has 2 amide bonds. The van der Waals surface area contributed by atoms with Crippen LogP contribution in [-0.4, -0.2) is 67.6 Å². The van der Waals surface area contributed by atoms with Gasteiger partial charge in [0.15, 0.2) is 0 Å². The first-order valence-corrected chi connectivity index (χ1v) is 11.2. The van der Waals surface area contributed by atoms with Gasteiger partial charge in [0.1, 0.15) is 0 Å². The molecular weight excluding hydrogens is 358 g/mol. The fourth-order valence-corrected chi connectivity index (χ4v) is 6.38. The summed E-state index contributed by atoms with van der Waals surface area (Å²) in [4.78, 5) is 24.5. The van der Waals surface area contributed by atoms with E-state index in [1.165, 1.54) is 5.75 Å². The Bertz CT molecular complexity index is 462. The monoisotopic (exact) mass is 389 g/mol. The largest absolute Gasteiger partial charge is 0.353 e. The predicted molar refractivity (Wildman–Crippen MR) is 106 cm³/mol. The molecule has 9 heteroatoms. The van der Waals surface area contributed by atoms with Crippen LogP contribution in [0.2, 0.25) is 0 Å². The van der Waals surface area contributed by atoms with Crippen molar-refractivity contribution in [1.29, 1.82) is 0 Å². The highest BCUT2D eigenvalue weighted by atomic mass is 33.1. The van der Waals surface area contributed by atoms with Crippen molar-refractivity contribution in [2.45, 2.75) is 55.0 Å². The third kappa shape index (κ3) is 6.32. The van der Waals surface area contributed by atoms with Gasteiger partial charge in [0.25, 0.3) is 0 Å². The van der Waals surface area contributed by atoms with Crippen molar-refractivity contribution in [3.05, 3.63) is 0 Å². The van der Waals surface area contributed by atoms with Crippen molar-refractivity contribution in [3.8, 4) is 0 Å². The lowest BCUT2D eigenvalue weighted by atomic mass is 9.99. The average molecular weight is 390 g/mol. The molecule has 25 heavy (non-hydrogen) atoms. The van der Waals surface area contributed by atoms with Crippen LogP contribution >= 0.6 is 21.6 Å². The molecule has 4 atom stereocenters. The van der Waals surface area contributed by atoms with Crippen LogP contribution in [0.25, 0.3) is 0 Å². The molecule has 1 aliphatic carbocycles. The van der Waals surface area contributed by atoms with Gasteiger partial charge in [-0.15, -0.1) is 0 Å². The van der Waals surface area contributed by atoms with Gasteiger partial charge in [0, 0.05) is 35.7 Å². The van der Waals surface area contributed by atoms with E-state index in [1.54, 1.807) is 7.05 Å². The molecule has 1 heterocycles. The Morgan fingerprint density at radius 3 is 2.68 bits per heavy atom. The minimum atomic E-state index is -0.513. The van der Waals surface area contributed by atoms with Gasteiger partial charge in [-0.05, 0) is 39.8 Å². The van der Waals surface area contributed by atoms with Gasteiger partial charge in [-0.3, -0.25) is 9.59 Å². The highest BCUT2D eigenvalue weighted by molar-refractivity contribution is 8.80. The van der Waals surface area contributed by atoms with E-state index in [2.05, 4.69) is 21.3 Å². The molecule has 0 aromatic rings. The van der Waals surface area contributed by atoms with Crippen molar-refractivity contribution < 1.29 is 9.59 Å². The second-order valence-corrected chi connectivity index (χ2v) is 9.74. The van der Waals surface area contributed by atoms with E-state index >= 15 is 0 Å². The number of rotatable bonds is 8. The molecule has 1 aliphatic heterocycles. The van der Waals surface area contributed by atoms with E-state index in [0.717, 1.165) is 25.7 Å². The summed E-state index contributed by atoms with van der Waals surface area (Å²) in [6.07, 6.45) is 4.06. The molecule has 3 unspecified atom stereocenters. The molecule has 2 aliphatic rings. The normalized spacial score (nSPS) is 30.2. The number of carbonyl (C=O) groups is 2. The van der Waals surface area contributed by atoms with Gasteiger partial charge < -0.3 is 27.0 Å². The number of hydrogen-bond acceptors (Lipinski definition) is 7. The Kier molecular flexibility index (Phi) is 8.34. The van der Waals surface area contributed by atoms with Crippen molar-refractivity contribution in [3.63, 3.8) is 0 Å². The minimum Gasteiger partial charge on any atom is -0.353 e. The van der Waals surface area contributed by atoms with Crippen molar-refractivity contribution >= 4 is 33.4 Å². The number of amides is 2. The summed E-state index contributed by atoms with van der Waals surface area (Å²) in [5.41, 5.74) is 6.27. The maximum Gasteiger partial charge on any atom is 0.237 e. The zero-order chi connectivity index (χ0) is 18.3. The lowest BCUT2D eigenvalue weighted by Gasteiger charge is -2.40. The van der Waals surface area contributed by atoms with E-state index in [-0.39, 0.29) is 30.3 Å². The van der Waals surface area contributed by atoms with Gasteiger partial charge >= 0.3 is 0 Å². The summed E-state index contributed by atoms with van der Waals surface area (Å²) in [6, 6.07) is -0.273. The van der Waals surface area contributed by atoms with Crippen LogP contribution in [0.15, 0.2) is 0 Å². The van der Waals surface area contributed by atoms with Crippen LogP contribution in [0.4, 0.5) is 0 Å². The van der Waals surface area contributed by atoms with Gasteiger partial charge in [-0.25, -0.2) is 0 Å². The van der Waals surface area contributed by atoms with Crippen molar-refractivity contribution in [2.24, 2.45) is 5.73 Å². The van der Waals surface area contributed by atoms with E-state index in [4.69, 9.17) is 5.73 Å². The molecule has 0 aromatic carbocycles. The quantitative estimate of drug-likeness (QED) is 0.289. The van der Waals surface area contributed by atoms with Crippen LogP contribution < -0.4 is 27.0 Å². The zero-order valence-electron chi connectivity index (χ0n) is 15.1. The number of carbonyl (C=O) groups excluding carboxylic acids is 2. The lowest BCUT2D eigenvalue weighted by Crippen LogP contribution is -2.48. The maximum atomic E-state index is 12.4. The molecule has 144 valence electrons. The summed E-state index contributed by atoms with van der Waals surface area (Å²) in [7, 11) is 7.39. The second kappa shape index (κ2) is 10.0. The van der Waals surface area contributed by atoms with E-state index < -0.39 is 6.04 Å². The molecule has 1 saturated carbocycles. The molecular formula is C16H31N5O2S2. The molecule has 2 rings (SSSR count). The highest BCUT2D eigenvalue weighted by Gasteiger charge is 2.43. The van der Waals surface area contributed by atoms with Crippen LogP contribution in [0, 0.1) is 0 Å². The maximum absolute atomic E-state index is 12.4. The Hall–Kier alpha value is -0.480. The zero-order valence-corrected chi connectivity index (χ0v) is 16.7. The fraction of sp³-hybridized carbons (Fsp3) is 0.875. The standard InChI is InChI=1S/C16H31N5O2S2/c1-18-5-6-20-15(23)13(19-2)8-14(22)21-12-3-4-16(10-24-25-16)9-11(17)7-12/h11-13,18-19H,3-10,17H2,1-2H3,(H,20,23)(H,21,22)/t11?,12?,13-,16?/m0/s1. The molecule has 0 bridgehead atoms.